The quantitative estimate of drug-likeness (QED) is 0.638. The molecule has 0 aromatic rings. The maximum absolute atomic E-state index is 11.1. The van der Waals surface area contributed by atoms with Crippen molar-refractivity contribution in [2.24, 2.45) is 0 Å². The molecule has 0 atom stereocenters. The molecule has 0 unspecified atom stereocenters. The van der Waals surface area contributed by atoms with Crippen molar-refractivity contribution < 1.29 is 19.1 Å². The Balaban J connectivity index is 4.03. The van der Waals surface area contributed by atoms with Gasteiger partial charge in [-0.3, -0.25) is 9.59 Å². The molecule has 0 spiro atoms. The Hall–Kier alpha value is -0.710. The van der Waals surface area contributed by atoms with Gasteiger partial charge in [0.25, 0.3) is 0 Å². The molecule has 0 bridgehead atoms. The normalized spacial score (nSPS) is 10.8. The zero-order valence-electron chi connectivity index (χ0n) is 8.25. The van der Waals surface area contributed by atoms with Gasteiger partial charge in [0.2, 0.25) is 0 Å². The van der Waals surface area contributed by atoms with Gasteiger partial charge in [0.05, 0.1) is 20.0 Å². The summed E-state index contributed by atoms with van der Waals surface area (Å²) in [4.78, 5) is 21.9. The second-order valence-corrected chi connectivity index (χ2v) is 4.46. The maximum atomic E-state index is 11.1. The molecule has 0 saturated heterocycles. The highest BCUT2D eigenvalue weighted by Gasteiger charge is 2.30. The average molecular weight is 206 g/mol. The number of esters is 2. The number of hydrogen-bond acceptors (Lipinski definition) is 5. The number of methoxy groups -OCH3 is 2. The Morgan fingerprint density at radius 3 is 2.15 bits per heavy atom. The summed E-state index contributed by atoms with van der Waals surface area (Å²) in [6.45, 7) is 3.40. The molecule has 0 aliphatic heterocycles. The van der Waals surface area contributed by atoms with Crippen molar-refractivity contribution in [3.8, 4) is 0 Å². The minimum Gasteiger partial charge on any atom is -0.468 e. The SMILES string of the molecule is COC(=O)CSC(C)(C)C(=O)OC. The van der Waals surface area contributed by atoms with Crippen LogP contribution in [0.25, 0.3) is 0 Å². The summed E-state index contributed by atoms with van der Waals surface area (Å²) in [5, 5.41) is 0. The fourth-order valence-electron chi connectivity index (χ4n) is 0.603. The third-order valence-electron chi connectivity index (χ3n) is 1.46. The van der Waals surface area contributed by atoms with Crippen LogP contribution in [0.5, 0.6) is 0 Å². The van der Waals surface area contributed by atoms with E-state index in [9.17, 15) is 9.59 Å². The molecule has 0 aromatic heterocycles. The van der Waals surface area contributed by atoms with E-state index in [1.807, 2.05) is 0 Å². The monoisotopic (exact) mass is 206 g/mol. The molecule has 76 valence electrons. The van der Waals surface area contributed by atoms with E-state index in [4.69, 9.17) is 0 Å². The first-order valence-electron chi connectivity index (χ1n) is 3.73. The van der Waals surface area contributed by atoms with Crippen LogP contribution in [0.4, 0.5) is 0 Å². The zero-order valence-corrected chi connectivity index (χ0v) is 9.06. The Labute approximate surface area is 82.0 Å². The molecule has 4 nitrogen and oxygen atoms in total. The lowest BCUT2D eigenvalue weighted by Gasteiger charge is -2.19. The van der Waals surface area contributed by atoms with Crippen molar-refractivity contribution in [3.05, 3.63) is 0 Å². The van der Waals surface area contributed by atoms with Crippen molar-refractivity contribution in [3.63, 3.8) is 0 Å². The molecule has 5 heteroatoms. The minimum absolute atomic E-state index is 0.151. The Bertz CT molecular complexity index is 200. The second kappa shape index (κ2) is 5.11. The second-order valence-electron chi connectivity index (χ2n) is 2.87. The van der Waals surface area contributed by atoms with Crippen molar-refractivity contribution in [1.29, 1.82) is 0 Å². The van der Waals surface area contributed by atoms with E-state index in [0.717, 1.165) is 0 Å². The predicted octanol–water partition coefficient (Wildman–Crippen LogP) is 0.844. The van der Waals surface area contributed by atoms with Crippen LogP contribution < -0.4 is 0 Å². The summed E-state index contributed by atoms with van der Waals surface area (Å²) in [6.07, 6.45) is 0. The molecule has 0 aromatic carbocycles. The van der Waals surface area contributed by atoms with E-state index in [-0.39, 0.29) is 17.7 Å². The Morgan fingerprint density at radius 1 is 1.23 bits per heavy atom. The fraction of sp³-hybridized carbons (Fsp3) is 0.750. The smallest absolute Gasteiger partial charge is 0.321 e. The third-order valence-corrected chi connectivity index (χ3v) is 2.72. The molecule has 0 N–H and O–H groups in total. The van der Waals surface area contributed by atoms with Gasteiger partial charge in [-0.15, -0.1) is 11.8 Å². The first kappa shape index (κ1) is 12.3. The van der Waals surface area contributed by atoms with Gasteiger partial charge in [-0.1, -0.05) is 0 Å². The molecule has 0 rings (SSSR count). The Kier molecular flexibility index (Phi) is 4.83. The molecule has 0 aliphatic carbocycles. The van der Waals surface area contributed by atoms with Crippen LogP contribution in [0.2, 0.25) is 0 Å². The van der Waals surface area contributed by atoms with Gasteiger partial charge < -0.3 is 9.47 Å². The van der Waals surface area contributed by atoms with Gasteiger partial charge in [0.1, 0.15) is 4.75 Å². The molecule has 0 aliphatic rings. The number of rotatable bonds is 4. The summed E-state index contributed by atoms with van der Waals surface area (Å²) in [5.41, 5.74) is 0. The van der Waals surface area contributed by atoms with Gasteiger partial charge in [0.15, 0.2) is 0 Å². The van der Waals surface area contributed by atoms with E-state index >= 15 is 0 Å². The van der Waals surface area contributed by atoms with Gasteiger partial charge >= 0.3 is 11.9 Å². The number of carbonyl (C=O) groups excluding carboxylic acids is 2. The Morgan fingerprint density at radius 2 is 1.77 bits per heavy atom. The topological polar surface area (TPSA) is 52.6 Å². The molecule has 0 heterocycles. The number of thioether (sulfide) groups is 1. The van der Waals surface area contributed by atoms with Crippen LogP contribution in [0.3, 0.4) is 0 Å². The molecule has 0 radical (unpaired) electrons. The lowest BCUT2D eigenvalue weighted by Crippen LogP contribution is -2.30. The minimum atomic E-state index is -0.705. The van der Waals surface area contributed by atoms with Crippen LogP contribution in [0.15, 0.2) is 0 Å². The summed E-state index contributed by atoms with van der Waals surface area (Å²) in [7, 11) is 2.64. The van der Waals surface area contributed by atoms with Crippen molar-refractivity contribution in [2.75, 3.05) is 20.0 Å². The zero-order chi connectivity index (χ0) is 10.5. The largest absolute Gasteiger partial charge is 0.468 e. The predicted molar refractivity (Wildman–Crippen MR) is 50.6 cm³/mol. The van der Waals surface area contributed by atoms with Crippen LogP contribution in [0, 0.1) is 0 Å². The number of hydrogen-bond donors (Lipinski definition) is 0. The lowest BCUT2D eigenvalue weighted by atomic mass is 10.2. The van der Waals surface area contributed by atoms with Crippen LogP contribution in [-0.4, -0.2) is 36.7 Å². The summed E-state index contributed by atoms with van der Waals surface area (Å²) < 4.78 is 8.31. The standard InChI is InChI=1S/C8H14O4S/c1-8(2,7(10)12-4)13-5-6(9)11-3/h5H2,1-4H3. The summed E-state index contributed by atoms with van der Waals surface area (Å²) in [6, 6.07) is 0. The van der Waals surface area contributed by atoms with Gasteiger partial charge in [-0.2, -0.15) is 0 Å². The van der Waals surface area contributed by atoms with E-state index < -0.39 is 4.75 Å². The van der Waals surface area contributed by atoms with E-state index in [0.29, 0.717) is 0 Å². The van der Waals surface area contributed by atoms with Crippen molar-refractivity contribution in [2.45, 2.75) is 18.6 Å². The molecule has 0 saturated carbocycles. The van der Waals surface area contributed by atoms with Crippen LogP contribution >= 0.6 is 11.8 Å². The lowest BCUT2D eigenvalue weighted by molar-refractivity contribution is -0.142. The van der Waals surface area contributed by atoms with E-state index in [1.165, 1.54) is 26.0 Å². The summed E-state index contributed by atoms with van der Waals surface area (Å²) >= 11 is 1.19. The van der Waals surface area contributed by atoms with Gasteiger partial charge in [-0.25, -0.2) is 0 Å². The number of carbonyl (C=O) groups is 2. The van der Waals surface area contributed by atoms with Gasteiger partial charge in [0, 0.05) is 0 Å². The van der Waals surface area contributed by atoms with E-state index in [2.05, 4.69) is 9.47 Å². The molecule has 0 fully saturated rings. The van der Waals surface area contributed by atoms with Crippen molar-refractivity contribution >= 4 is 23.7 Å². The van der Waals surface area contributed by atoms with Crippen molar-refractivity contribution in [1.82, 2.24) is 0 Å². The third kappa shape index (κ3) is 4.17. The molecular formula is C8H14O4S. The highest BCUT2D eigenvalue weighted by molar-refractivity contribution is 8.01. The van der Waals surface area contributed by atoms with E-state index in [1.54, 1.807) is 13.8 Å². The van der Waals surface area contributed by atoms with Crippen LogP contribution in [-0.2, 0) is 19.1 Å². The molecule has 13 heavy (non-hydrogen) atoms. The molecule has 0 amide bonds. The first-order chi connectivity index (χ1) is 5.94. The fourth-order valence-corrected chi connectivity index (χ4v) is 1.40. The summed E-state index contributed by atoms with van der Waals surface area (Å²) in [5.74, 6) is -0.540. The first-order valence-corrected chi connectivity index (χ1v) is 4.71. The molecular weight excluding hydrogens is 192 g/mol. The van der Waals surface area contributed by atoms with Crippen LogP contribution in [0.1, 0.15) is 13.8 Å². The average Bonchev–Trinajstić information content (AvgIpc) is 2.12. The number of ether oxygens (including phenoxy) is 2. The highest BCUT2D eigenvalue weighted by atomic mass is 32.2. The highest BCUT2D eigenvalue weighted by Crippen LogP contribution is 2.25. The maximum Gasteiger partial charge on any atom is 0.321 e. The van der Waals surface area contributed by atoms with Gasteiger partial charge in [-0.05, 0) is 13.8 Å².